The van der Waals surface area contributed by atoms with Crippen LogP contribution in [0.5, 0.6) is 0 Å². The van der Waals surface area contributed by atoms with Crippen LogP contribution in [0.2, 0.25) is 5.02 Å². The summed E-state index contributed by atoms with van der Waals surface area (Å²) < 4.78 is 0. The van der Waals surface area contributed by atoms with Gasteiger partial charge >= 0.3 is 0 Å². The van der Waals surface area contributed by atoms with Crippen molar-refractivity contribution in [3.05, 3.63) is 63.9 Å². The van der Waals surface area contributed by atoms with E-state index in [-0.39, 0.29) is 36.8 Å². The van der Waals surface area contributed by atoms with E-state index < -0.39 is 6.04 Å². The highest BCUT2D eigenvalue weighted by molar-refractivity contribution is 6.31. The molecule has 0 radical (unpaired) electrons. The predicted octanol–water partition coefficient (Wildman–Crippen LogP) is 4.00. The zero-order valence-electron chi connectivity index (χ0n) is 22.1. The maximum Gasteiger partial charge on any atom is 0.254 e. The summed E-state index contributed by atoms with van der Waals surface area (Å²) in [6.45, 7) is 3.95. The fourth-order valence-corrected chi connectivity index (χ4v) is 5.75. The second-order valence-electron chi connectivity index (χ2n) is 10.4. The Balaban J connectivity index is 1.35. The number of benzene rings is 2. The first-order chi connectivity index (χ1) is 18.8. The lowest BCUT2D eigenvalue weighted by Gasteiger charge is -2.24. The fraction of sp³-hybridized carbons (Fsp3) is 0.448. The molecule has 2 saturated heterocycles. The SMILES string of the molecule is Cc1cc(C(=O)N[C@@H](CCC(=O)N2CCC[C@H]2CO)c2nc3cc(Cl)ccc3[nH]2)ccc1C(=O)N1CCCC1. The first-order valence-electron chi connectivity index (χ1n) is 13.6. The average molecular weight is 552 g/mol. The molecular weight excluding hydrogens is 518 g/mol. The molecule has 1 aromatic heterocycles. The van der Waals surface area contributed by atoms with Crippen molar-refractivity contribution >= 4 is 40.4 Å². The fourth-order valence-electron chi connectivity index (χ4n) is 5.58. The summed E-state index contributed by atoms with van der Waals surface area (Å²) in [6.07, 6.45) is 4.22. The molecule has 2 aliphatic heterocycles. The second kappa shape index (κ2) is 11.8. The van der Waals surface area contributed by atoms with Gasteiger partial charge in [-0.3, -0.25) is 14.4 Å². The Kier molecular flexibility index (Phi) is 8.18. The quantitative estimate of drug-likeness (QED) is 0.391. The molecule has 3 aromatic rings. The highest BCUT2D eigenvalue weighted by Gasteiger charge is 2.29. The number of aromatic amines is 1. The Hall–Kier alpha value is -3.43. The van der Waals surface area contributed by atoms with Crippen molar-refractivity contribution in [2.24, 2.45) is 0 Å². The Morgan fingerprint density at radius 1 is 1.13 bits per heavy atom. The number of fused-ring (bicyclic) bond motifs is 1. The van der Waals surface area contributed by atoms with Gasteiger partial charge in [0.25, 0.3) is 11.8 Å². The molecule has 10 heteroatoms. The third kappa shape index (κ3) is 5.94. The standard InChI is InChI=1S/C29H34ClN5O4/c1-18-15-19(6-8-22(18)29(39)34-12-2-3-13-34)28(38)33-24(10-11-26(37)35-14-4-5-21(35)17-36)27-31-23-9-7-20(30)16-25(23)32-27/h6-9,15-16,21,24,36H,2-5,10-14,17H2,1H3,(H,31,32)(H,33,38)/t21-,24-/m0/s1. The first-order valence-corrected chi connectivity index (χ1v) is 14.0. The van der Waals surface area contributed by atoms with Crippen LogP contribution in [0.15, 0.2) is 36.4 Å². The Morgan fingerprint density at radius 2 is 1.92 bits per heavy atom. The zero-order chi connectivity index (χ0) is 27.5. The topological polar surface area (TPSA) is 119 Å². The van der Waals surface area contributed by atoms with Crippen LogP contribution in [0.4, 0.5) is 0 Å². The minimum absolute atomic E-state index is 0.00243. The molecule has 9 nitrogen and oxygen atoms in total. The third-order valence-corrected chi connectivity index (χ3v) is 8.00. The highest BCUT2D eigenvalue weighted by Crippen LogP contribution is 2.25. The number of carbonyl (C=O) groups is 3. The van der Waals surface area contributed by atoms with E-state index in [1.807, 2.05) is 17.9 Å². The molecule has 0 spiro atoms. The molecule has 3 amide bonds. The summed E-state index contributed by atoms with van der Waals surface area (Å²) in [5.41, 5.74) is 3.23. The molecular formula is C29H34ClN5O4. The normalized spacial score (nSPS) is 18.1. The van der Waals surface area contributed by atoms with Crippen molar-refractivity contribution in [3.63, 3.8) is 0 Å². The van der Waals surface area contributed by atoms with Crippen LogP contribution in [0, 0.1) is 6.92 Å². The number of amides is 3. The molecule has 0 saturated carbocycles. The highest BCUT2D eigenvalue weighted by atomic mass is 35.5. The molecule has 0 bridgehead atoms. The van der Waals surface area contributed by atoms with Gasteiger partial charge < -0.3 is 25.2 Å². The van der Waals surface area contributed by atoms with Gasteiger partial charge in [-0.25, -0.2) is 4.98 Å². The second-order valence-corrected chi connectivity index (χ2v) is 10.9. The van der Waals surface area contributed by atoms with E-state index in [0.29, 0.717) is 40.5 Å². The van der Waals surface area contributed by atoms with Crippen LogP contribution >= 0.6 is 11.6 Å². The Morgan fingerprint density at radius 3 is 2.67 bits per heavy atom. The summed E-state index contributed by atoms with van der Waals surface area (Å²) in [4.78, 5) is 50.8. The van der Waals surface area contributed by atoms with Gasteiger partial charge in [-0.2, -0.15) is 0 Å². The van der Waals surface area contributed by atoms with Crippen molar-refractivity contribution in [1.82, 2.24) is 25.1 Å². The van der Waals surface area contributed by atoms with E-state index in [9.17, 15) is 19.5 Å². The number of aliphatic hydroxyl groups excluding tert-OH is 1. The van der Waals surface area contributed by atoms with Gasteiger partial charge in [0, 0.05) is 42.2 Å². The van der Waals surface area contributed by atoms with Gasteiger partial charge in [-0.1, -0.05) is 11.6 Å². The van der Waals surface area contributed by atoms with E-state index in [4.69, 9.17) is 11.6 Å². The van der Waals surface area contributed by atoms with Gasteiger partial charge in [0.05, 0.1) is 29.7 Å². The number of imidazole rings is 1. The lowest BCUT2D eigenvalue weighted by atomic mass is 10.0. The number of aryl methyl sites for hydroxylation is 1. The van der Waals surface area contributed by atoms with E-state index in [1.54, 1.807) is 35.2 Å². The van der Waals surface area contributed by atoms with Crippen LogP contribution in [0.1, 0.15) is 76.7 Å². The van der Waals surface area contributed by atoms with Crippen molar-refractivity contribution in [2.75, 3.05) is 26.2 Å². The number of hydrogen-bond acceptors (Lipinski definition) is 5. The number of H-pyrrole nitrogens is 1. The summed E-state index contributed by atoms with van der Waals surface area (Å²) in [5.74, 6) is 0.165. The Bertz CT molecular complexity index is 1380. The third-order valence-electron chi connectivity index (χ3n) is 7.77. The van der Waals surface area contributed by atoms with Gasteiger partial charge in [0.15, 0.2) is 0 Å². The van der Waals surface area contributed by atoms with Gasteiger partial charge in [0.2, 0.25) is 5.91 Å². The monoisotopic (exact) mass is 551 g/mol. The number of halogens is 1. The maximum absolute atomic E-state index is 13.4. The molecule has 3 N–H and O–H groups in total. The molecule has 2 aliphatic rings. The molecule has 0 unspecified atom stereocenters. The molecule has 5 rings (SSSR count). The number of nitrogens with one attached hydrogen (secondary N) is 2. The van der Waals surface area contributed by atoms with Gasteiger partial charge in [-0.15, -0.1) is 0 Å². The minimum Gasteiger partial charge on any atom is -0.394 e. The smallest absolute Gasteiger partial charge is 0.254 e. The van der Waals surface area contributed by atoms with Crippen LogP contribution in [0.3, 0.4) is 0 Å². The van der Waals surface area contributed by atoms with E-state index in [1.165, 1.54) is 0 Å². The molecule has 2 aromatic carbocycles. The van der Waals surface area contributed by atoms with Crippen LogP contribution in [0.25, 0.3) is 11.0 Å². The van der Waals surface area contributed by atoms with Gasteiger partial charge in [-0.05, 0) is 81.0 Å². The Labute approximate surface area is 232 Å². The summed E-state index contributed by atoms with van der Waals surface area (Å²) in [5, 5.41) is 13.2. The van der Waals surface area contributed by atoms with Crippen LogP contribution in [-0.2, 0) is 4.79 Å². The minimum atomic E-state index is -0.561. The lowest BCUT2D eigenvalue weighted by Crippen LogP contribution is -2.38. The average Bonchev–Trinajstić information content (AvgIpc) is 3.70. The number of carbonyl (C=O) groups excluding carboxylic acids is 3. The molecule has 39 heavy (non-hydrogen) atoms. The molecule has 206 valence electrons. The van der Waals surface area contributed by atoms with Crippen molar-refractivity contribution in [1.29, 1.82) is 0 Å². The van der Waals surface area contributed by atoms with Crippen molar-refractivity contribution in [2.45, 2.75) is 57.5 Å². The summed E-state index contributed by atoms with van der Waals surface area (Å²) in [7, 11) is 0. The van der Waals surface area contributed by atoms with Crippen molar-refractivity contribution in [3.8, 4) is 0 Å². The molecule has 3 heterocycles. The predicted molar refractivity (Wildman–Crippen MR) is 149 cm³/mol. The van der Waals surface area contributed by atoms with E-state index in [2.05, 4.69) is 15.3 Å². The summed E-state index contributed by atoms with van der Waals surface area (Å²) >= 11 is 6.14. The molecule has 0 aliphatic carbocycles. The van der Waals surface area contributed by atoms with Crippen LogP contribution < -0.4 is 5.32 Å². The molecule has 2 fully saturated rings. The number of aliphatic hydroxyl groups is 1. The number of hydrogen-bond donors (Lipinski definition) is 3. The number of likely N-dealkylation sites (tertiary alicyclic amines) is 2. The molecule has 2 atom stereocenters. The van der Waals surface area contributed by atoms with E-state index >= 15 is 0 Å². The first kappa shape index (κ1) is 27.1. The lowest BCUT2D eigenvalue weighted by molar-refractivity contribution is -0.132. The largest absolute Gasteiger partial charge is 0.394 e. The maximum atomic E-state index is 13.4. The summed E-state index contributed by atoms with van der Waals surface area (Å²) in [6, 6.07) is 9.74. The van der Waals surface area contributed by atoms with Crippen molar-refractivity contribution < 1.29 is 19.5 Å². The number of rotatable bonds is 8. The van der Waals surface area contributed by atoms with E-state index in [0.717, 1.165) is 49.9 Å². The van der Waals surface area contributed by atoms with Crippen LogP contribution in [-0.4, -0.2) is 74.9 Å². The zero-order valence-corrected chi connectivity index (χ0v) is 22.8. The number of aromatic nitrogens is 2. The number of nitrogens with zero attached hydrogens (tertiary/aromatic N) is 3. The van der Waals surface area contributed by atoms with Gasteiger partial charge in [0.1, 0.15) is 5.82 Å².